The number of aromatic hydroxyl groups is 1. The molecule has 1 heterocycles. The first-order chi connectivity index (χ1) is 9.58. The average molecular weight is 270 g/mol. The zero-order chi connectivity index (χ0) is 14.3. The molecule has 0 atom stereocenters. The van der Waals surface area contributed by atoms with Crippen molar-refractivity contribution in [1.29, 1.82) is 0 Å². The monoisotopic (exact) mass is 270 g/mol. The number of hydrogen-bond donors (Lipinski definition) is 1. The number of benzene rings is 2. The first-order valence-electron chi connectivity index (χ1n) is 6.80. The van der Waals surface area contributed by atoms with Crippen LogP contribution in [0.3, 0.4) is 0 Å². The van der Waals surface area contributed by atoms with Gasteiger partial charge in [-0.1, -0.05) is 32.0 Å². The molecule has 3 heteroatoms. The van der Waals surface area contributed by atoms with Crippen LogP contribution in [0.15, 0.2) is 30.3 Å². The Balaban J connectivity index is 2.09. The molecular weight excluding hydrogens is 252 g/mol. The van der Waals surface area contributed by atoms with E-state index in [4.69, 9.17) is 9.47 Å². The Hall–Kier alpha value is -2.16. The summed E-state index contributed by atoms with van der Waals surface area (Å²) >= 11 is 0. The van der Waals surface area contributed by atoms with Crippen molar-refractivity contribution in [1.82, 2.24) is 0 Å². The maximum atomic E-state index is 10.3. The second-order valence-electron chi connectivity index (χ2n) is 5.40. The third-order valence-electron chi connectivity index (χ3n) is 3.77. The highest BCUT2D eigenvalue weighted by atomic mass is 16.7. The van der Waals surface area contributed by atoms with Gasteiger partial charge in [0.1, 0.15) is 5.75 Å². The molecule has 1 aliphatic heterocycles. The summed E-state index contributed by atoms with van der Waals surface area (Å²) < 4.78 is 10.7. The minimum absolute atomic E-state index is 0.273. The Bertz CT molecular complexity index is 660. The van der Waals surface area contributed by atoms with E-state index in [9.17, 15) is 5.11 Å². The van der Waals surface area contributed by atoms with Crippen molar-refractivity contribution in [3.05, 3.63) is 41.5 Å². The Morgan fingerprint density at radius 3 is 2.55 bits per heavy atom. The summed E-state index contributed by atoms with van der Waals surface area (Å²) in [4.78, 5) is 0. The second kappa shape index (κ2) is 4.75. The summed E-state index contributed by atoms with van der Waals surface area (Å²) in [6, 6.07) is 9.91. The number of ether oxygens (including phenoxy) is 2. The number of phenolic OH excluding ortho intramolecular Hbond substituents is 1. The van der Waals surface area contributed by atoms with Crippen LogP contribution in [-0.4, -0.2) is 11.9 Å². The van der Waals surface area contributed by atoms with E-state index in [2.05, 4.69) is 19.9 Å². The first kappa shape index (κ1) is 12.9. The van der Waals surface area contributed by atoms with Crippen molar-refractivity contribution in [3.63, 3.8) is 0 Å². The minimum Gasteiger partial charge on any atom is -0.507 e. The Morgan fingerprint density at radius 2 is 1.80 bits per heavy atom. The molecule has 0 saturated carbocycles. The van der Waals surface area contributed by atoms with Crippen molar-refractivity contribution >= 4 is 0 Å². The summed E-state index contributed by atoms with van der Waals surface area (Å²) in [6.07, 6.45) is 0. The largest absolute Gasteiger partial charge is 0.507 e. The van der Waals surface area contributed by atoms with Crippen LogP contribution >= 0.6 is 0 Å². The third kappa shape index (κ3) is 1.99. The molecule has 20 heavy (non-hydrogen) atoms. The van der Waals surface area contributed by atoms with Crippen molar-refractivity contribution < 1.29 is 14.6 Å². The number of phenols is 1. The van der Waals surface area contributed by atoms with E-state index in [0.29, 0.717) is 11.7 Å². The Morgan fingerprint density at radius 1 is 1.05 bits per heavy atom. The molecule has 0 fully saturated rings. The number of rotatable bonds is 2. The van der Waals surface area contributed by atoms with Gasteiger partial charge in [-0.25, -0.2) is 0 Å². The maximum Gasteiger partial charge on any atom is 0.231 e. The van der Waals surface area contributed by atoms with Gasteiger partial charge in [0.2, 0.25) is 6.79 Å². The van der Waals surface area contributed by atoms with E-state index >= 15 is 0 Å². The fraction of sp³-hybridized carbons (Fsp3) is 0.294. The maximum absolute atomic E-state index is 10.3. The van der Waals surface area contributed by atoms with Crippen molar-refractivity contribution in [3.8, 4) is 28.4 Å². The van der Waals surface area contributed by atoms with Gasteiger partial charge in [0, 0.05) is 0 Å². The molecule has 0 bridgehead atoms. The fourth-order valence-corrected chi connectivity index (χ4v) is 2.56. The van der Waals surface area contributed by atoms with Crippen LogP contribution in [0.2, 0.25) is 0 Å². The van der Waals surface area contributed by atoms with Crippen LogP contribution in [-0.2, 0) is 0 Å². The van der Waals surface area contributed by atoms with Gasteiger partial charge in [-0.05, 0) is 47.2 Å². The summed E-state index contributed by atoms with van der Waals surface area (Å²) in [7, 11) is 0. The molecule has 0 amide bonds. The van der Waals surface area contributed by atoms with Crippen LogP contribution in [0, 0.1) is 6.92 Å². The normalized spacial score (nSPS) is 13.0. The van der Waals surface area contributed by atoms with Gasteiger partial charge in [0.15, 0.2) is 11.5 Å². The van der Waals surface area contributed by atoms with Gasteiger partial charge in [-0.15, -0.1) is 0 Å². The molecule has 0 aliphatic carbocycles. The zero-order valence-electron chi connectivity index (χ0n) is 11.9. The van der Waals surface area contributed by atoms with E-state index in [1.165, 1.54) is 0 Å². The highest BCUT2D eigenvalue weighted by Gasteiger charge is 2.17. The molecule has 0 spiro atoms. The molecule has 1 N–H and O–H groups in total. The van der Waals surface area contributed by atoms with Gasteiger partial charge in [0.25, 0.3) is 0 Å². The molecule has 0 aromatic heterocycles. The van der Waals surface area contributed by atoms with Crippen molar-refractivity contribution in [2.75, 3.05) is 6.79 Å². The highest BCUT2D eigenvalue weighted by molar-refractivity contribution is 5.73. The van der Waals surface area contributed by atoms with Crippen LogP contribution in [0.5, 0.6) is 17.2 Å². The van der Waals surface area contributed by atoms with Gasteiger partial charge >= 0.3 is 0 Å². The summed E-state index contributed by atoms with van der Waals surface area (Å²) in [6.45, 7) is 6.37. The highest BCUT2D eigenvalue weighted by Crippen LogP contribution is 2.40. The van der Waals surface area contributed by atoms with Crippen molar-refractivity contribution in [2.24, 2.45) is 0 Å². The lowest BCUT2D eigenvalue weighted by Crippen LogP contribution is -1.93. The van der Waals surface area contributed by atoms with Crippen LogP contribution < -0.4 is 9.47 Å². The zero-order valence-corrected chi connectivity index (χ0v) is 11.9. The van der Waals surface area contributed by atoms with Gasteiger partial charge in [-0.3, -0.25) is 0 Å². The second-order valence-corrected chi connectivity index (χ2v) is 5.40. The molecule has 3 nitrogen and oxygen atoms in total. The minimum atomic E-state index is 0.273. The molecular formula is C17H18O3. The molecule has 0 saturated heterocycles. The van der Waals surface area contributed by atoms with Crippen LogP contribution in [0.4, 0.5) is 0 Å². The van der Waals surface area contributed by atoms with E-state index in [1.54, 1.807) is 0 Å². The standard InChI is InChI=1S/C17H18O3/c1-10(2)13-5-6-14(11(3)17(13)18)12-4-7-15-16(8-12)20-9-19-15/h4-8,10,18H,9H2,1-3H3. The first-order valence-corrected chi connectivity index (χ1v) is 6.80. The summed E-state index contributed by atoms with van der Waals surface area (Å²) in [5.41, 5.74) is 3.92. The molecule has 0 unspecified atom stereocenters. The Kier molecular flexibility index (Phi) is 3.05. The smallest absolute Gasteiger partial charge is 0.231 e. The molecule has 3 rings (SSSR count). The summed E-state index contributed by atoms with van der Waals surface area (Å²) in [5.74, 6) is 2.22. The van der Waals surface area contributed by atoms with Crippen molar-refractivity contribution in [2.45, 2.75) is 26.7 Å². The van der Waals surface area contributed by atoms with E-state index in [1.807, 2.05) is 31.2 Å². The third-order valence-corrected chi connectivity index (χ3v) is 3.77. The lowest BCUT2D eigenvalue weighted by molar-refractivity contribution is 0.174. The van der Waals surface area contributed by atoms with Gasteiger partial charge in [0.05, 0.1) is 0 Å². The molecule has 1 aliphatic rings. The SMILES string of the molecule is Cc1c(-c2ccc3c(c2)OCO3)ccc(C(C)C)c1O. The van der Waals surface area contributed by atoms with Gasteiger partial charge < -0.3 is 14.6 Å². The predicted molar refractivity (Wildman–Crippen MR) is 78.5 cm³/mol. The quantitative estimate of drug-likeness (QED) is 0.888. The summed E-state index contributed by atoms with van der Waals surface area (Å²) in [5, 5.41) is 10.3. The fourth-order valence-electron chi connectivity index (χ4n) is 2.56. The number of fused-ring (bicyclic) bond motifs is 1. The van der Waals surface area contributed by atoms with Crippen LogP contribution in [0.1, 0.15) is 30.9 Å². The molecule has 104 valence electrons. The molecule has 0 radical (unpaired) electrons. The molecule has 2 aromatic carbocycles. The topological polar surface area (TPSA) is 38.7 Å². The van der Waals surface area contributed by atoms with Crippen LogP contribution in [0.25, 0.3) is 11.1 Å². The average Bonchev–Trinajstić information content (AvgIpc) is 2.88. The molecule has 2 aromatic rings. The predicted octanol–water partition coefficient (Wildman–Crippen LogP) is 4.22. The van der Waals surface area contributed by atoms with E-state index in [-0.39, 0.29) is 6.79 Å². The van der Waals surface area contributed by atoms with Gasteiger partial charge in [-0.2, -0.15) is 0 Å². The van der Waals surface area contributed by atoms with E-state index < -0.39 is 0 Å². The lowest BCUT2D eigenvalue weighted by atomic mass is 9.93. The lowest BCUT2D eigenvalue weighted by Gasteiger charge is -2.14. The number of hydrogen-bond acceptors (Lipinski definition) is 3. The Labute approximate surface area is 118 Å². The van der Waals surface area contributed by atoms with E-state index in [0.717, 1.165) is 33.8 Å².